The SMILES string of the molecule is Cc1cc(Oc2ccccc2F)nc(C2CCCCN2C(=O)c2ccccc2Cn2ccnc2)n1. The van der Waals surface area contributed by atoms with Crippen LogP contribution < -0.4 is 4.74 Å². The molecule has 7 nitrogen and oxygen atoms in total. The predicted molar refractivity (Wildman–Crippen MR) is 129 cm³/mol. The zero-order valence-corrected chi connectivity index (χ0v) is 19.5. The smallest absolute Gasteiger partial charge is 0.254 e. The van der Waals surface area contributed by atoms with Gasteiger partial charge in [-0.05, 0) is 49.9 Å². The minimum absolute atomic E-state index is 0.0490. The van der Waals surface area contributed by atoms with Crippen LogP contribution in [-0.2, 0) is 6.54 Å². The second kappa shape index (κ2) is 10.0. The Kier molecular flexibility index (Phi) is 6.52. The molecule has 1 amide bonds. The molecule has 0 aliphatic carbocycles. The van der Waals surface area contributed by atoms with E-state index in [0.29, 0.717) is 30.2 Å². The van der Waals surface area contributed by atoms with Crippen LogP contribution in [0.4, 0.5) is 4.39 Å². The maximum atomic E-state index is 14.1. The fourth-order valence-corrected chi connectivity index (χ4v) is 4.44. The molecule has 0 N–H and O–H groups in total. The average molecular weight is 472 g/mol. The lowest BCUT2D eigenvalue weighted by atomic mass is 9.98. The summed E-state index contributed by atoms with van der Waals surface area (Å²) in [4.78, 5) is 29.0. The number of aryl methyl sites for hydroxylation is 1. The number of amides is 1. The molecule has 35 heavy (non-hydrogen) atoms. The summed E-state index contributed by atoms with van der Waals surface area (Å²) in [6, 6.07) is 15.2. The van der Waals surface area contributed by atoms with Crippen molar-refractivity contribution in [2.45, 2.75) is 38.8 Å². The summed E-state index contributed by atoms with van der Waals surface area (Å²) in [5.74, 6) is 0.357. The van der Waals surface area contributed by atoms with Gasteiger partial charge in [-0.25, -0.2) is 14.4 Å². The van der Waals surface area contributed by atoms with E-state index in [1.165, 1.54) is 6.07 Å². The van der Waals surface area contributed by atoms with Crippen molar-refractivity contribution in [3.8, 4) is 11.6 Å². The molecule has 3 heterocycles. The molecule has 0 spiro atoms. The van der Waals surface area contributed by atoms with Crippen molar-refractivity contribution in [1.29, 1.82) is 0 Å². The van der Waals surface area contributed by atoms with E-state index >= 15 is 0 Å². The highest BCUT2D eigenvalue weighted by molar-refractivity contribution is 5.96. The lowest BCUT2D eigenvalue weighted by molar-refractivity contribution is 0.0597. The van der Waals surface area contributed by atoms with E-state index in [9.17, 15) is 9.18 Å². The number of imidazole rings is 1. The van der Waals surface area contributed by atoms with Crippen LogP contribution in [0, 0.1) is 12.7 Å². The number of halogens is 1. The number of carbonyl (C=O) groups is 1. The van der Waals surface area contributed by atoms with Gasteiger partial charge in [-0.2, -0.15) is 4.98 Å². The van der Waals surface area contributed by atoms with Gasteiger partial charge in [-0.1, -0.05) is 30.3 Å². The number of piperidine rings is 1. The number of para-hydroxylation sites is 1. The number of rotatable bonds is 6. The molecule has 4 aromatic rings. The molecule has 8 heteroatoms. The molecule has 1 fully saturated rings. The zero-order chi connectivity index (χ0) is 24.2. The summed E-state index contributed by atoms with van der Waals surface area (Å²) < 4.78 is 21.8. The Morgan fingerprint density at radius 1 is 1.11 bits per heavy atom. The molecule has 1 aliphatic rings. The van der Waals surface area contributed by atoms with Crippen molar-refractivity contribution >= 4 is 5.91 Å². The van der Waals surface area contributed by atoms with Gasteiger partial charge < -0.3 is 14.2 Å². The Hall–Kier alpha value is -4.07. The maximum absolute atomic E-state index is 14.1. The Morgan fingerprint density at radius 2 is 1.94 bits per heavy atom. The normalized spacial score (nSPS) is 15.7. The van der Waals surface area contributed by atoms with E-state index in [4.69, 9.17) is 4.74 Å². The molecule has 0 radical (unpaired) electrons. The topological polar surface area (TPSA) is 73.1 Å². The van der Waals surface area contributed by atoms with Crippen molar-refractivity contribution < 1.29 is 13.9 Å². The third-order valence-electron chi connectivity index (χ3n) is 6.12. The molecular weight excluding hydrogens is 445 g/mol. The maximum Gasteiger partial charge on any atom is 0.254 e. The van der Waals surface area contributed by atoms with E-state index in [2.05, 4.69) is 15.0 Å². The van der Waals surface area contributed by atoms with Crippen LogP contribution in [0.5, 0.6) is 11.6 Å². The number of hydrogen-bond donors (Lipinski definition) is 0. The van der Waals surface area contributed by atoms with E-state index in [0.717, 1.165) is 24.8 Å². The number of likely N-dealkylation sites (tertiary alicyclic amines) is 1. The lowest BCUT2D eigenvalue weighted by Gasteiger charge is -2.35. The van der Waals surface area contributed by atoms with E-state index in [1.807, 2.05) is 46.9 Å². The molecule has 5 rings (SSSR count). The molecule has 0 bridgehead atoms. The fourth-order valence-electron chi connectivity index (χ4n) is 4.44. The van der Waals surface area contributed by atoms with Crippen molar-refractivity contribution in [3.05, 3.63) is 102 Å². The predicted octanol–water partition coefficient (Wildman–Crippen LogP) is 5.33. The molecule has 1 aliphatic heterocycles. The summed E-state index contributed by atoms with van der Waals surface area (Å²) in [6.45, 7) is 3.01. The van der Waals surface area contributed by atoms with Gasteiger partial charge in [-0.3, -0.25) is 4.79 Å². The van der Waals surface area contributed by atoms with E-state index < -0.39 is 5.82 Å². The van der Waals surface area contributed by atoms with Gasteiger partial charge in [0, 0.05) is 42.8 Å². The second-order valence-electron chi connectivity index (χ2n) is 8.64. The van der Waals surface area contributed by atoms with Crippen LogP contribution in [0.25, 0.3) is 0 Å². The van der Waals surface area contributed by atoms with Gasteiger partial charge in [0.15, 0.2) is 17.4 Å². The monoisotopic (exact) mass is 471 g/mol. The molecule has 2 aromatic heterocycles. The first-order valence-electron chi connectivity index (χ1n) is 11.7. The Bertz CT molecular complexity index is 1320. The van der Waals surface area contributed by atoms with Crippen molar-refractivity contribution in [2.75, 3.05) is 6.54 Å². The van der Waals surface area contributed by atoms with Crippen LogP contribution in [-0.4, -0.2) is 36.9 Å². The summed E-state index contributed by atoms with van der Waals surface area (Å²) in [7, 11) is 0. The zero-order valence-electron chi connectivity index (χ0n) is 19.5. The minimum atomic E-state index is -0.464. The molecule has 1 atom stereocenters. The standard InChI is InChI=1S/C27H26FN5O2/c1-19-16-25(35-24-12-5-4-10-22(24)28)31-26(30-19)23-11-6-7-14-33(23)27(34)21-9-3-2-8-20(21)17-32-15-13-29-18-32/h2-5,8-10,12-13,15-16,18,23H,6-7,11,14,17H2,1H3. The Balaban J connectivity index is 1.44. The highest BCUT2D eigenvalue weighted by Gasteiger charge is 2.32. The van der Waals surface area contributed by atoms with Crippen LogP contribution in [0.1, 0.15) is 52.7 Å². The largest absolute Gasteiger partial charge is 0.436 e. The molecular formula is C27H26FN5O2. The van der Waals surface area contributed by atoms with Crippen LogP contribution in [0.2, 0.25) is 0 Å². The number of aromatic nitrogens is 4. The average Bonchev–Trinajstić information content (AvgIpc) is 3.38. The fraction of sp³-hybridized carbons (Fsp3) is 0.259. The number of carbonyl (C=O) groups excluding carboxylic acids is 1. The molecule has 178 valence electrons. The highest BCUT2D eigenvalue weighted by Crippen LogP contribution is 2.33. The highest BCUT2D eigenvalue weighted by atomic mass is 19.1. The van der Waals surface area contributed by atoms with E-state index in [1.54, 1.807) is 36.8 Å². The Labute approximate surface area is 203 Å². The number of ether oxygens (including phenoxy) is 1. The van der Waals surface area contributed by atoms with Crippen LogP contribution >= 0.6 is 0 Å². The summed E-state index contributed by atoms with van der Waals surface area (Å²) in [5.41, 5.74) is 2.27. The molecule has 2 aromatic carbocycles. The van der Waals surface area contributed by atoms with Crippen molar-refractivity contribution in [3.63, 3.8) is 0 Å². The summed E-state index contributed by atoms with van der Waals surface area (Å²) in [5, 5.41) is 0. The number of hydrogen-bond acceptors (Lipinski definition) is 5. The number of nitrogens with zero attached hydrogens (tertiary/aromatic N) is 5. The van der Waals surface area contributed by atoms with Crippen LogP contribution in [0.3, 0.4) is 0 Å². The lowest BCUT2D eigenvalue weighted by Crippen LogP contribution is -2.39. The van der Waals surface area contributed by atoms with Crippen molar-refractivity contribution in [1.82, 2.24) is 24.4 Å². The molecule has 1 saturated heterocycles. The Morgan fingerprint density at radius 3 is 2.77 bits per heavy atom. The minimum Gasteiger partial charge on any atom is -0.436 e. The van der Waals surface area contributed by atoms with Gasteiger partial charge in [0.05, 0.1) is 12.4 Å². The van der Waals surface area contributed by atoms with Crippen LogP contribution in [0.15, 0.2) is 73.3 Å². The van der Waals surface area contributed by atoms with Gasteiger partial charge in [0.25, 0.3) is 5.91 Å². The summed E-state index contributed by atoms with van der Waals surface area (Å²) in [6.07, 6.45) is 7.96. The third kappa shape index (κ3) is 5.06. The van der Waals surface area contributed by atoms with E-state index in [-0.39, 0.29) is 23.6 Å². The quantitative estimate of drug-likeness (QED) is 0.380. The first-order valence-corrected chi connectivity index (χ1v) is 11.7. The second-order valence-corrected chi connectivity index (χ2v) is 8.64. The molecule has 0 saturated carbocycles. The van der Waals surface area contributed by atoms with Gasteiger partial charge in [0.2, 0.25) is 5.88 Å². The first kappa shape index (κ1) is 22.7. The third-order valence-corrected chi connectivity index (χ3v) is 6.12. The van der Waals surface area contributed by atoms with Gasteiger partial charge in [0.1, 0.15) is 0 Å². The van der Waals surface area contributed by atoms with Crippen molar-refractivity contribution in [2.24, 2.45) is 0 Å². The summed E-state index contributed by atoms with van der Waals surface area (Å²) >= 11 is 0. The van der Waals surface area contributed by atoms with Gasteiger partial charge in [-0.15, -0.1) is 0 Å². The molecule has 1 unspecified atom stereocenters. The first-order chi connectivity index (χ1) is 17.1. The number of benzene rings is 2. The van der Waals surface area contributed by atoms with Gasteiger partial charge >= 0.3 is 0 Å².